The molecule has 1 N–H and O–H groups in total. The summed E-state index contributed by atoms with van der Waals surface area (Å²) in [5, 5.41) is 2.59. The van der Waals surface area contributed by atoms with E-state index in [2.05, 4.69) is 15.3 Å². The molecule has 17 heavy (non-hydrogen) atoms. The second-order valence-electron chi connectivity index (χ2n) is 3.78. The van der Waals surface area contributed by atoms with E-state index in [-0.39, 0.29) is 12.5 Å². The van der Waals surface area contributed by atoms with Crippen LogP contribution in [0.15, 0.2) is 24.8 Å². The van der Waals surface area contributed by atoms with Gasteiger partial charge < -0.3 is 14.5 Å². The first-order valence-corrected chi connectivity index (χ1v) is 5.37. The molecule has 0 spiro atoms. The molecule has 0 aliphatic heterocycles. The largest absolute Gasteiger partial charge is 0.358 e. The SMILES string of the molecule is CNC(=O)Cn1ccnc1Cc1nccn1C. The molecule has 0 aliphatic rings. The summed E-state index contributed by atoms with van der Waals surface area (Å²) in [4.78, 5) is 19.8. The zero-order valence-corrected chi connectivity index (χ0v) is 9.92. The van der Waals surface area contributed by atoms with Crippen molar-refractivity contribution in [3.8, 4) is 0 Å². The van der Waals surface area contributed by atoms with Gasteiger partial charge >= 0.3 is 0 Å². The number of carbonyl (C=O) groups is 1. The summed E-state index contributed by atoms with van der Waals surface area (Å²) >= 11 is 0. The molecule has 1 amide bonds. The number of carbonyl (C=O) groups excluding carboxylic acids is 1. The van der Waals surface area contributed by atoms with Crippen molar-refractivity contribution in [3.05, 3.63) is 36.4 Å². The molecule has 0 saturated heterocycles. The van der Waals surface area contributed by atoms with Crippen molar-refractivity contribution >= 4 is 5.91 Å². The fourth-order valence-corrected chi connectivity index (χ4v) is 1.59. The van der Waals surface area contributed by atoms with E-state index in [9.17, 15) is 4.79 Å². The Balaban J connectivity index is 2.14. The predicted octanol–water partition coefficient (Wildman–Crippen LogP) is -0.0466. The molecule has 2 aromatic heterocycles. The van der Waals surface area contributed by atoms with Crippen molar-refractivity contribution < 1.29 is 4.79 Å². The van der Waals surface area contributed by atoms with Gasteiger partial charge in [-0.05, 0) is 0 Å². The van der Waals surface area contributed by atoms with Crippen molar-refractivity contribution in [1.29, 1.82) is 0 Å². The van der Waals surface area contributed by atoms with Crippen LogP contribution in [0.5, 0.6) is 0 Å². The van der Waals surface area contributed by atoms with Crippen molar-refractivity contribution in [2.45, 2.75) is 13.0 Å². The molecular weight excluding hydrogens is 218 g/mol. The van der Waals surface area contributed by atoms with Crippen LogP contribution in [-0.4, -0.2) is 32.1 Å². The maximum Gasteiger partial charge on any atom is 0.239 e. The summed E-state index contributed by atoms with van der Waals surface area (Å²) in [6.07, 6.45) is 7.75. The fraction of sp³-hybridized carbons (Fsp3) is 0.364. The number of hydrogen-bond donors (Lipinski definition) is 1. The number of hydrogen-bond acceptors (Lipinski definition) is 3. The number of amides is 1. The van der Waals surface area contributed by atoms with Gasteiger partial charge in [0.25, 0.3) is 0 Å². The van der Waals surface area contributed by atoms with Crippen molar-refractivity contribution in [3.63, 3.8) is 0 Å². The third-order valence-electron chi connectivity index (χ3n) is 2.63. The van der Waals surface area contributed by atoms with Crippen LogP contribution in [0.4, 0.5) is 0 Å². The third-order valence-corrected chi connectivity index (χ3v) is 2.63. The van der Waals surface area contributed by atoms with Gasteiger partial charge in [0, 0.05) is 38.9 Å². The third kappa shape index (κ3) is 2.52. The molecule has 2 heterocycles. The molecule has 0 fully saturated rings. The zero-order chi connectivity index (χ0) is 12.3. The van der Waals surface area contributed by atoms with Gasteiger partial charge in [-0.15, -0.1) is 0 Å². The van der Waals surface area contributed by atoms with Crippen molar-refractivity contribution in [1.82, 2.24) is 24.4 Å². The first-order valence-electron chi connectivity index (χ1n) is 5.37. The minimum absolute atomic E-state index is 0.0379. The van der Waals surface area contributed by atoms with Gasteiger partial charge in [0.05, 0.1) is 6.42 Å². The van der Waals surface area contributed by atoms with Gasteiger partial charge in [-0.3, -0.25) is 4.79 Å². The van der Waals surface area contributed by atoms with Gasteiger partial charge in [0.15, 0.2) is 0 Å². The smallest absolute Gasteiger partial charge is 0.239 e. The number of aromatic nitrogens is 4. The molecule has 0 bridgehead atoms. The van der Waals surface area contributed by atoms with Gasteiger partial charge in [-0.2, -0.15) is 0 Å². The molecule has 90 valence electrons. The van der Waals surface area contributed by atoms with E-state index in [0.29, 0.717) is 6.42 Å². The van der Waals surface area contributed by atoms with Crippen LogP contribution in [0, 0.1) is 0 Å². The highest BCUT2D eigenvalue weighted by Crippen LogP contribution is 2.05. The van der Waals surface area contributed by atoms with Crippen molar-refractivity contribution in [2.24, 2.45) is 7.05 Å². The Morgan fingerprint density at radius 3 is 2.65 bits per heavy atom. The summed E-state index contributed by atoms with van der Waals surface area (Å²) in [5.74, 6) is 1.72. The lowest BCUT2D eigenvalue weighted by molar-refractivity contribution is -0.121. The predicted molar refractivity (Wildman–Crippen MR) is 62.3 cm³/mol. The monoisotopic (exact) mass is 233 g/mol. The summed E-state index contributed by atoms with van der Waals surface area (Å²) in [7, 11) is 3.56. The van der Waals surface area contributed by atoms with Gasteiger partial charge in [-0.1, -0.05) is 0 Å². The molecule has 0 aromatic carbocycles. The maximum atomic E-state index is 11.3. The number of nitrogens with zero attached hydrogens (tertiary/aromatic N) is 4. The minimum atomic E-state index is -0.0379. The highest BCUT2D eigenvalue weighted by Gasteiger charge is 2.09. The molecule has 2 aromatic rings. The van der Waals surface area contributed by atoms with Crippen LogP contribution in [0.3, 0.4) is 0 Å². The average molecular weight is 233 g/mol. The molecule has 6 nitrogen and oxygen atoms in total. The molecule has 0 aliphatic carbocycles. The van der Waals surface area contributed by atoms with Gasteiger partial charge in [0.2, 0.25) is 5.91 Å². The van der Waals surface area contributed by atoms with E-state index in [1.807, 2.05) is 22.4 Å². The number of aryl methyl sites for hydroxylation is 1. The lowest BCUT2D eigenvalue weighted by atomic mass is 10.3. The molecule has 0 radical (unpaired) electrons. The van der Waals surface area contributed by atoms with Crippen LogP contribution < -0.4 is 5.32 Å². The normalized spacial score (nSPS) is 10.5. The zero-order valence-electron chi connectivity index (χ0n) is 9.92. The molecule has 0 unspecified atom stereocenters. The van der Waals surface area contributed by atoms with Crippen LogP contribution in [0.1, 0.15) is 11.6 Å². The van der Waals surface area contributed by atoms with Crippen molar-refractivity contribution in [2.75, 3.05) is 7.05 Å². The topological polar surface area (TPSA) is 64.7 Å². The summed E-state index contributed by atoms with van der Waals surface area (Å²) in [6, 6.07) is 0. The quantitative estimate of drug-likeness (QED) is 0.805. The number of nitrogens with one attached hydrogen (secondary N) is 1. The summed E-state index contributed by atoms with van der Waals surface area (Å²) in [6.45, 7) is 0.288. The van der Waals surface area contributed by atoms with Gasteiger partial charge in [0.1, 0.15) is 18.2 Å². The Hall–Kier alpha value is -2.11. The van der Waals surface area contributed by atoms with Crippen LogP contribution in [0.2, 0.25) is 0 Å². The molecule has 0 saturated carbocycles. The Labute approximate surface area is 99.3 Å². The molecule has 2 rings (SSSR count). The maximum absolute atomic E-state index is 11.3. The first-order chi connectivity index (χ1) is 8.20. The number of likely N-dealkylation sites (N-methyl/N-ethyl adjacent to an activating group) is 1. The minimum Gasteiger partial charge on any atom is -0.358 e. The van der Waals surface area contributed by atoms with E-state index in [1.54, 1.807) is 25.6 Å². The second-order valence-corrected chi connectivity index (χ2v) is 3.78. The highest BCUT2D eigenvalue weighted by molar-refractivity contribution is 5.75. The number of imidazole rings is 2. The Kier molecular flexibility index (Phi) is 3.22. The Bertz CT molecular complexity index is 513. The Morgan fingerprint density at radius 2 is 2.00 bits per heavy atom. The summed E-state index contributed by atoms with van der Waals surface area (Å²) in [5.41, 5.74) is 0. The van der Waals surface area contributed by atoms with Crippen LogP contribution in [-0.2, 0) is 24.8 Å². The van der Waals surface area contributed by atoms with Crippen LogP contribution in [0.25, 0.3) is 0 Å². The van der Waals surface area contributed by atoms with E-state index in [0.717, 1.165) is 11.6 Å². The van der Waals surface area contributed by atoms with E-state index >= 15 is 0 Å². The fourth-order valence-electron chi connectivity index (χ4n) is 1.59. The lowest BCUT2D eigenvalue weighted by Crippen LogP contribution is -2.24. The van der Waals surface area contributed by atoms with Gasteiger partial charge in [-0.25, -0.2) is 9.97 Å². The average Bonchev–Trinajstić information content (AvgIpc) is 2.90. The summed E-state index contributed by atoms with van der Waals surface area (Å²) < 4.78 is 3.77. The Morgan fingerprint density at radius 1 is 1.29 bits per heavy atom. The standard InChI is InChI=1S/C11H15N5O/c1-12-11(17)8-16-6-4-14-10(16)7-9-13-3-5-15(9)2/h3-6H,7-8H2,1-2H3,(H,12,17). The van der Waals surface area contributed by atoms with E-state index in [4.69, 9.17) is 0 Å². The van der Waals surface area contributed by atoms with E-state index < -0.39 is 0 Å². The molecular formula is C11H15N5O. The van der Waals surface area contributed by atoms with Crippen LogP contribution >= 0.6 is 0 Å². The first kappa shape index (κ1) is 11.4. The molecule has 0 atom stereocenters. The van der Waals surface area contributed by atoms with E-state index in [1.165, 1.54) is 0 Å². The molecule has 6 heteroatoms. The highest BCUT2D eigenvalue weighted by atomic mass is 16.1. The second kappa shape index (κ2) is 4.82. The number of rotatable bonds is 4. The lowest BCUT2D eigenvalue weighted by Gasteiger charge is -2.06.